The monoisotopic (exact) mass is 312 g/mol. The van der Waals surface area contributed by atoms with E-state index in [1.807, 2.05) is 11.8 Å². The standard InChI is InChI=1S/C15H28N4OS/c1-4-16-14(17-9-12(2)21-3)19-7-5-6-15(11-19)8-13(20)18-10-15/h12H,4-11H2,1-3H3,(H,16,17)(H,18,20). The summed E-state index contributed by atoms with van der Waals surface area (Å²) in [6.45, 7) is 8.82. The summed E-state index contributed by atoms with van der Waals surface area (Å²) in [5.74, 6) is 1.21. The lowest BCUT2D eigenvalue weighted by Crippen LogP contribution is -2.51. The Balaban J connectivity index is 2.03. The molecule has 0 aromatic rings. The normalized spacial score (nSPS) is 27.9. The molecule has 0 aromatic heterocycles. The Morgan fingerprint density at radius 2 is 2.43 bits per heavy atom. The molecule has 0 radical (unpaired) electrons. The average Bonchev–Trinajstić information content (AvgIpc) is 2.83. The Morgan fingerprint density at radius 3 is 3.05 bits per heavy atom. The smallest absolute Gasteiger partial charge is 0.220 e. The van der Waals surface area contributed by atoms with Crippen molar-refractivity contribution in [1.29, 1.82) is 0 Å². The molecule has 21 heavy (non-hydrogen) atoms. The van der Waals surface area contributed by atoms with E-state index in [0.717, 1.165) is 51.5 Å². The van der Waals surface area contributed by atoms with Crippen LogP contribution >= 0.6 is 11.8 Å². The van der Waals surface area contributed by atoms with Gasteiger partial charge in [0.2, 0.25) is 5.91 Å². The Kier molecular flexibility index (Phi) is 5.79. The highest BCUT2D eigenvalue weighted by Crippen LogP contribution is 2.35. The lowest BCUT2D eigenvalue weighted by molar-refractivity contribution is -0.119. The Labute approximate surface area is 132 Å². The highest BCUT2D eigenvalue weighted by Gasteiger charge is 2.42. The predicted octanol–water partition coefficient (Wildman–Crippen LogP) is 1.31. The maximum absolute atomic E-state index is 11.6. The van der Waals surface area contributed by atoms with Crippen LogP contribution in [0.4, 0.5) is 0 Å². The van der Waals surface area contributed by atoms with Crippen LogP contribution in [0.2, 0.25) is 0 Å². The fourth-order valence-corrected chi connectivity index (χ4v) is 3.37. The lowest BCUT2D eigenvalue weighted by atomic mass is 9.79. The number of carbonyl (C=O) groups is 1. The molecule has 2 saturated heterocycles. The van der Waals surface area contributed by atoms with Gasteiger partial charge in [-0.2, -0.15) is 11.8 Å². The Morgan fingerprint density at radius 1 is 1.62 bits per heavy atom. The van der Waals surface area contributed by atoms with Crippen LogP contribution < -0.4 is 10.6 Å². The van der Waals surface area contributed by atoms with Crippen LogP contribution in [0.3, 0.4) is 0 Å². The van der Waals surface area contributed by atoms with Gasteiger partial charge < -0.3 is 15.5 Å². The predicted molar refractivity (Wildman–Crippen MR) is 89.8 cm³/mol. The third kappa shape index (κ3) is 4.28. The van der Waals surface area contributed by atoms with Gasteiger partial charge in [-0.05, 0) is 26.0 Å². The van der Waals surface area contributed by atoms with Crippen molar-refractivity contribution in [3.8, 4) is 0 Å². The highest BCUT2D eigenvalue weighted by atomic mass is 32.2. The summed E-state index contributed by atoms with van der Waals surface area (Å²) < 4.78 is 0. The molecule has 0 aromatic carbocycles. The molecule has 2 unspecified atom stereocenters. The average molecular weight is 312 g/mol. The zero-order valence-corrected chi connectivity index (χ0v) is 14.3. The van der Waals surface area contributed by atoms with E-state index < -0.39 is 0 Å². The topological polar surface area (TPSA) is 56.7 Å². The van der Waals surface area contributed by atoms with Gasteiger partial charge in [0.05, 0.1) is 6.54 Å². The lowest BCUT2D eigenvalue weighted by Gasteiger charge is -2.40. The molecule has 6 heteroatoms. The van der Waals surface area contributed by atoms with Crippen LogP contribution in [0.15, 0.2) is 4.99 Å². The molecule has 2 rings (SSSR count). The van der Waals surface area contributed by atoms with Gasteiger partial charge in [-0.1, -0.05) is 6.92 Å². The van der Waals surface area contributed by atoms with Crippen LogP contribution in [0.25, 0.3) is 0 Å². The number of hydrogen-bond acceptors (Lipinski definition) is 3. The van der Waals surface area contributed by atoms with Crippen LogP contribution in [0, 0.1) is 5.41 Å². The van der Waals surface area contributed by atoms with Crippen LogP contribution in [-0.2, 0) is 4.79 Å². The van der Waals surface area contributed by atoms with Gasteiger partial charge in [-0.3, -0.25) is 9.79 Å². The van der Waals surface area contributed by atoms with Crippen molar-refractivity contribution < 1.29 is 4.79 Å². The summed E-state index contributed by atoms with van der Waals surface area (Å²) >= 11 is 1.84. The first kappa shape index (κ1) is 16.5. The SMILES string of the molecule is CCNC(=NCC(C)SC)N1CCCC2(CNC(=O)C2)C1. The van der Waals surface area contributed by atoms with E-state index in [1.165, 1.54) is 0 Å². The number of likely N-dealkylation sites (tertiary alicyclic amines) is 1. The number of carbonyl (C=O) groups excluding carboxylic acids is 1. The van der Waals surface area contributed by atoms with Crippen molar-refractivity contribution >= 4 is 23.6 Å². The highest BCUT2D eigenvalue weighted by molar-refractivity contribution is 7.99. The molecular weight excluding hydrogens is 284 g/mol. The number of thioether (sulfide) groups is 1. The zero-order valence-electron chi connectivity index (χ0n) is 13.4. The van der Waals surface area contributed by atoms with Crippen molar-refractivity contribution in [1.82, 2.24) is 15.5 Å². The molecule has 120 valence electrons. The van der Waals surface area contributed by atoms with Gasteiger partial charge in [-0.15, -0.1) is 0 Å². The number of amides is 1. The molecule has 1 amide bonds. The second-order valence-electron chi connectivity index (χ2n) is 6.22. The molecule has 0 saturated carbocycles. The fraction of sp³-hybridized carbons (Fsp3) is 0.867. The van der Waals surface area contributed by atoms with E-state index in [4.69, 9.17) is 4.99 Å². The minimum atomic E-state index is 0.122. The molecule has 2 fully saturated rings. The van der Waals surface area contributed by atoms with Crippen molar-refractivity contribution in [3.05, 3.63) is 0 Å². The van der Waals surface area contributed by atoms with Gasteiger partial charge in [-0.25, -0.2) is 0 Å². The van der Waals surface area contributed by atoms with Crippen LogP contribution in [0.1, 0.15) is 33.1 Å². The van der Waals surface area contributed by atoms with Crippen LogP contribution in [-0.4, -0.2) is 61.0 Å². The number of rotatable bonds is 4. The number of hydrogen-bond donors (Lipinski definition) is 2. The largest absolute Gasteiger partial charge is 0.357 e. The number of nitrogens with zero attached hydrogens (tertiary/aromatic N) is 2. The van der Waals surface area contributed by atoms with Gasteiger partial charge in [0, 0.05) is 43.3 Å². The van der Waals surface area contributed by atoms with Gasteiger partial charge in [0.15, 0.2) is 5.96 Å². The minimum absolute atomic E-state index is 0.122. The van der Waals surface area contributed by atoms with Crippen molar-refractivity contribution in [2.24, 2.45) is 10.4 Å². The second kappa shape index (κ2) is 7.38. The van der Waals surface area contributed by atoms with Crippen molar-refractivity contribution in [3.63, 3.8) is 0 Å². The van der Waals surface area contributed by atoms with Crippen LogP contribution in [0.5, 0.6) is 0 Å². The number of nitrogens with one attached hydrogen (secondary N) is 2. The first-order valence-corrected chi connectivity index (χ1v) is 9.20. The maximum Gasteiger partial charge on any atom is 0.220 e. The van der Waals surface area contributed by atoms with Crippen molar-refractivity contribution in [2.45, 2.75) is 38.4 Å². The third-order valence-corrected chi connectivity index (χ3v) is 5.35. The molecule has 2 aliphatic heterocycles. The van der Waals surface area contributed by atoms with E-state index in [-0.39, 0.29) is 11.3 Å². The van der Waals surface area contributed by atoms with E-state index in [9.17, 15) is 4.79 Å². The summed E-state index contributed by atoms with van der Waals surface area (Å²) in [4.78, 5) is 18.7. The number of piperidine rings is 1. The molecule has 0 aliphatic carbocycles. The van der Waals surface area contributed by atoms with Gasteiger partial charge in [0.1, 0.15) is 0 Å². The second-order valence-corrected chi connectivity index (χ2v) is 7.50. The Bertz CT molecular complexity index is 401. The summed E-state index contributed by atoms with van der Waals surface area (Å²) in [6, 6.07) is 0. The minimum Gasteiger partial charge on any atom is -0.357 e. The molecule has 0 bridgehead atoms. The summed E-state index contributed by atoms with van der Waals surface area (Å²) in [7, 11) is 0. The van der Waals surface area contributed by atoms with E-state index in [0.29, 0.717) is 11.7 Å². The maximum atomic E-state index is 11.6. The first-order chi connectivity index (χ1) is 10.1. The molecule has 2 N–H and O–H groups in total. The summed E-state index contributed by atoms with van der Waals surface area (Å²) in [5, 5.41) is 6.95. The van der Waals surface area contributed by atoms with E-state index in [1.54, 1.807) is 0 Å². The van der Waals surface area contributed by atoms with E-state index >= 15 is 0 Å². The molecule has 1 spiro atoms. The number of guanidine groups is 1. The zero-order chi connectivity index (χ0) is 15.3. The number of aliphatic imine (C=N–C) groups is 1. The molecule has 2 atom stereocenters. The van der Waals surface area contributed by atoms with E-state index in [2.05, 4.69) is 35.6 Å². The Hall–Kier alpha value is -0.910. The molecule has 2 aliphatic rings. The summed E-state index contributed by atoms with van der Waals surface area (Å²) in [5.41, 5.74) is 0.122. The molecular formula is C15H28N4OS. The first-order valence-electron chi connectivity index (χ1n) is 7.91. The van der Waals surface area contributed by atoms with Gasteiger partial charge >= 0.3 is 0 Å². The fourth-order valence-electron chi connectivity index (χ4n) is 3.14. The summed E-state index contributed by atoms with van der Waals surface area (Å²) in [6.07, 6.45) is 5.07. The van der Waals surface area contributed by atoms with Crippen molar-refractivity contribution in [2.75, 3.05) is 39.0 Å². The molecule has 2 heterocycles. The molecule has 5 nitrogen and oxygen atoms in total. The third-order valence-electron chi connectivity index (χ3n) is 4.39. The van der Waals surface area contributed by atoms with Gasteiger partial charge in [0.25, 0.3) is 0 Å². The quantitative estimate of drug-likeness (QED) is 0.607.